The van der Waals surface area contributed by atoms with E-state index in [2.05, 4.69) is 12.4 Å². The van der Waals surface area contributed by atoms with Gasteiger partial charge in [-0.1, -0.05) is 29.3 Å². The smallest absolute Gasteiger partial charge is 0.230 e. The van der Waals surface area contributed by atoms with Crippen LogP contribution < -0.4 is 20.2 Å². The molecule has 1 atom stereocenters. The highest BCUT2D eigenvalue weighted by Gasteiger charge is 2.30. The molecule has 1 aliphatic rings. The molecule has 0 aliphatic carbocycles. The van der Waals surface area contributed by atoms with Crippen LogP contribution in [0.5, 0.6) is 0 Å². The molecule has 1 aromatic rings. The standard InChI is InChI=1S/C15H19Cl2N3O3/c1-19-5-7-20(8-6-19)12(15(22)23)9-13(21)18-11-4-2-3-10(16)14(11)17/h2-4,12H,5-9H2,1H3,(H,18,21)(H,22,23)/p+1/t12-/m1/s1. The molecule has 8 heteroatoms. The van der Waals surface area contributed by atoms with E-state index >= 15 is 0 Å². The van der Waals surface area contributed by atoms with Crippen LogP contribution in [0.3, 0.4) is 0 Å². The van der Waals surface area contributed by atoms with Crippen LogP contribution >= 0.6 is 23.2 Å². The van der Waals surface area contributed by atoms with Crippen molar-refractivity contribution in [3.63, 3.8) is 0 Å². The van der Waals surface area contributed by atoms with Crippen LogP contribution in [0, 0.1) is 0 Å². The Bertz CT molecular complexity index is 589. The number of benzene rings is 1. The zero-order chi connectivity index (χ0) is 17.0. The van der Waals surface area contributed by atoms with Crippen molar-refractivity contribution in [2.75, 3.05) is 38.5 Å². The van der Waals surface area contributed by atoms with Gasteiger partial charge >= 0.3 is 0 Å². The summed E-state index contributed by atoms with van der Waals surface area (Å²) in [4.78, 5) is 25.8. The number of carbonyl (C=O) groups excluding carboxylic acids is 2. The molecule has 23 heavy (non-hydrogen) atoms. The zero-order valence-electron chi connectivity index (χ0n) is 12.8. The Morgan fingerprint density at radius 1 is 1.26 bits per heavy atom. The van der Waals surface area contributed by atoms with Crippen molar-refractivity contribution in [1.29, 1.82) is 0 Å². The molecular weight excluding hydrogens is 341 g/mol. The Labute approximate surface area is 145 Å². The fraction of sp³-hybridized carbons (Fsp3) is 0.467. The maximum Gasteiger partial charge on any atom is 0.230 e. The molecule has 2 rings (SSSR count). The minimum absolute atomic E-state index is 0.153. The van der Waals surface area contributed by atoms with Crippen molar-refractivity contribution in [3.8, 4) is 0 Å². The third-order valence-electron chi connectivity index (χ3n) is 4.14. The second-order valence-corrected chi connectivity index (χ2v) is 6.63. The predicted molar refractivity (Wildman–Crippen MR) is 85.8 cm³/mol. The number of carboxylic acid groups (broad SMARTS) is 1. The van der Waals surface area contributed by atoms with E-state index < -0.39 is 17.9 Å². The average molecular weight is 361 g/mol. The van der Waals surface area contributed by atoms with Crippen LogP contribution in [0.2, 0.25) is 10.0 Å². The summed E-state index contributed by atoms with van der Waals surface area (Å²) in [6, 6.07) is 4.03. The fourth-order valence-corrected chi connectivity index (χ4v) is 3.08. The van der Waals surface area contributed by atoms with Gasteiger partial charge in [-0.2, -0.15) is 0 Å². The number of aliphatic carboxylic acids is 1. The molecule has 1 heterocycles. The van der Waals surface area contributed by atoms with Gasteiger partial charge in [0.05, 0.1) is 35.2 Å². The van der Waals surface area contributed by atoms with Crippen molar-refractivity contribution in [2.24, 2.45) is 0 Å². The first kappa shape index (κ1) is 18.0. The Balaban J connectivity index is 2.01. The second-order valence-electron chi connectivity index (χ2n) is 5.84. The summed E-state index contributed by atoms with van der Waals surface area (Å²) in [5.74, 6) is -1.62. The van der Waals surface area contributed by atoms with Crippen molar-refractivity contribution >= 4 is 40.8 Å². The van der Waals surface area contributed by atoms with Gasteiger partial charge in [0.15, 0.2) is 0 Å². The van der Waals surface area contributed by atoms with Crippen LogP contribution in [-0.2, 0) is 9.59 Å². The molecule has 6 nitrogen and oxygen atoms in total. The van der Waals surface area contributed by atoms with Gasteiger partial charge in [-0.3, -0.25) is 4.79 Å². The quantitative estimate of drug-likeness (QED) is 0.560. The molecule has 126 valence electrons. The lowest BCUT2D eigenvalue weighted by molar-refractivity contribution is -1.01. The second kappa shape index (κ2) is 7.97. The van der Waals surface area contributed by atoms with Gasteiger partial charge in [0, 0.05) is 0 Å². The summed E-state index contributed by atoms with van der Waals surface area (Å²) >= 11 is 11.9. The van der Waals surface area contributed by atoms with Crippen molar-refractivity contribution < 1.29 is 24.5 Å². The minimum atomic E-state index is -1.20. The van der Waals surface area contributed by atoms with E-state index in [1.807, 2.05) is 0 Å². The molecular formula is C15H20Cl2N3O3+. The van der Waals surface area contributed by atoms with Gasteiger partial charge in [0.2, 0.25) is 5.91 Å². The van der Waals surface area contributed by atoms with Gasteiger partial charge < -0.3 is 25.0 Å². The van der Waals surface area contributed by atoms with Gasteiger partial charge in [-0.05, 0) is 12.1 Å². The highest BCUT2D eigenvalue weighted by atomic mass is 35.5. The van der Waals surface area contributed by atoms with E-state index in [1.54, 1.807) is 18.2 Å². The van der Waals surface area contributed by atoms with Crippen LogP contribution in [0.25, 0.3) is 0 Å². The van der Waals surface area contributed by atoms with Gasteiger partial charge in [0.25, 0.3) is 0 Å². The third kappa shape index (κ3) is 4.81. The SMILES string of the molecule is C[NH+]1CC[NH+]([C@H](CC(=O)Nc2cccc(Cl)c2Cl)C(=O)[O-])CC1. The number of hydrogen-bond donors (Lipinski definition) is 3. The highest BCUT2D eigenvalue weighted by molar-refractivity contribution is 6.43. The fourth-order valence-electron chi connectivity index (χ4n) is 2.73. The number of halogens is 2. The molecule has 0 spiro atoms. The van der Waals surface area contributed by atoms with E-state index in [1.165, 1.54) is 4.90 Å². The average Bonchev–Trinajstić information content (AvgIpc) is 2.50. The molecule has 1 aliphatic heterocycles. The lowest BCUT2D eigenvalue weighted by Crippen LogP contribution is -3.29. The number of amides is 1. The Morgan fingerprint density at radius 2 is 1.91 bits per heavy atom. The summed E-state index contributed by atoms with van der Waals surface area (Å²) in [6.07, 6.45) is -0.153. The number of piperazine rings is 1. The van der Waals surface area contributed by atoms with Crippen LogP contribution in [-0.4, -0.2) is 51.1 Å². The van der Waals surface area contributed by atoms with Gasteiger partial charge in [-0.15, -0.1) is 0 Å². The Hall–Kier alpha value is -1.34. The summed E-state index contributed by atoms with van der Waals surface area (Å²) in [5.41, 5.74) is 0.374. The van der Waals surface area contributed by atoms with Crippen molar-refractivity contribution in [2.45, 2.75) is 12.5 Å². The monoisotopic (exact) mass is 360 g/mol. The summed E-state index contributed by atoms with van der Waals surface area (Å²) in [5, 5.41) is 14.6. The normalized spacial score (nSPS) is 22.4. The maximum absolute atomic E-state index is 12.2. The van der Waals surface area contributed by atoms with Crippen LogP contribution in [0.15, 0.2) is 18.2 Å². The Morgan fingerprint density at radius 3 is 2.52 bits per heavy atom. The van der Waals surface area contributed by atoms with Crippen molar-refractivity contribution in [1.82, 2.24) is 0 Å². The number of nitrogens with one attached hydrogen (secondary N) is 3. The third-order valence-corrected chi connectivity index (χ3v) is 4.96. The van der Waals surface area contributed by atoms with E-state index in [4.69, 9.17) is 23.2 Å². The zero-order valence-corrected chi connectivity index (χ0v) is 14.3. The minimum Gasteiger partial charge on any atom is -0.544 e. The van der Waals surface area contributed by atoms with E-state index in [-0.39, 0.29) is 11.4 Å². The largest absolute Gasteiger partial charge is 0.544 e. The molecule has 1 fully saturated rings. The molecule has 3 N–H and O–H groups in total. The van der Waals surface area contributed by atoms with E-state index in [9.17, 15) is 14.7 Å². The molecule has 1 aromatic carbocycles. The highest BCUT2D eigenvalue weighted by Crippen LogP contribution is 2.29. The number of quaternary nitrogens is 2. The molecule has 0 saturated carbocycles. The number of likely N-dealkylation sites (N-methyl/N-ethyl adjacent to an activating group) is 1. The number of carboxylic acids is 1. The first-order chi connectivity index (χ1) is 10.9. The maximum atomic E-state index is 12.2. The first-order valence-corrected chi connectivity index (χ1v) is 8.24. The van der Waals surface area contributed by atoms with E-state index in [0.717, 1.165) is 18.0 Å². The molecule has 0 bridgehead atoms. The van der Waals surface area contributed by atoms with Gasteiger partial charge in [0.1, 0.15) is 32.2 Å². The van der Waals surface area contributed by atoms with Crippen molar-refractivity contribution in [3.05, 3.63) is 28.2 Å². The number of anilines is 1. The molecule has 0 radical (unpaired) electrons. The van der Waals surface area contributed by atoms with Crippen LogP contribution in [0.4, 0.5) is 5.69 Å². The number of hydrogen-bond acceptors (Lipinski definition) is 3. The van der Waals surface area contributed by atoms with E-state index in [0.29, 0.717) is 23.8 Å². The summed E-state index contributed by atoms with van der Waals surface area (Å²) in [7, 11) is 2.07. The molecule has 0 aromatic heterocycles. The lowest BCUT2D eigenvalue weighted by atomic mass is 10.1. The molecule has 1 amide bonds. The summed E-state index contributed by atoms with van der Waals surface area (Å²) in [6.45, 7) is 3.16. The number of carbonyl (C=O) groups is 2. The predicted octanol–water partition coefficient (Wildman–Crippen LogP) is -2.15. The molecule has 0 unspecified atom stereocenters. The number of rotatable bonds is 5. The Kier molecular flexibility index (Phi) is 6.24. The lowest BCUT2D eigenvalue weighted by Gasteiger charge is -2.33. The summed E-state index contributed by atoms with van der Waals surface area (Å²) < 4.78 is 0. The van der Waals surface area contributed by atoms with Crippen LogP contribution in [0.1, 0.15) is 6.42 Å². The first-order valence-electron chi connectivity index (χ1n) is 7.49. The van der Waals surface area contributed by atoms with Gasteiger partial charge in [-0.25, -0.2) is 0 Å². The topological polar surface area (TPSA) is 78.1 Å². The molecule has 1 saturated heterocycles.